The van der Waals surface area contributed by atoms with E-state index in [-0.39, 0.29) is 11.2 Å². The number of thioether (sulfide) groups is 1. The van der Waals surface area contributed by atoms with Crippen LogP contribution in [0, 0.1) is 12.7 Å². The third kappa shape index (κ3) is 3.34. The standard InChI is InChI=1S/C13H14FN3OS2/c1-3-19-12(10-4-6-11(14)7-5-10)17(8-18)13-16-15-9(2)20-13/h4-8,12H,3H2,1-2H3. The Balaban J connectivity index is 2.34. The fourth-order valence-corrected chi connectivity index (χ4v) is 3.44. The average Bonchev–Trinajstić information content (AvgIpc) is 2.86. The zero-order chi connectivity index (χ0) is 14.5. The van der Waals surface area contributed by atoms with E-state index in [2.05, 4.69) is 10.2 Å². The number of carbonyl (C=O) groups excluding carboxylic acids is 1. The molecule has 0 fully saturated rings. The molecule has 2 aromatic rings. The molecule has 7 heteroatoms. The van der Waals surface area contributed by atoms with E-state index in [0.29, 0.717) is 5.13 Å². The number of hydrogen-bond acceptors (Lipinski definition) is 5. The minimum atomic E-state index is -0.293. The zero-order valence-corrected chi connectivity index (χ0v) is 12.7. The summed E-state index contributed by atoms with van der Waals surface area (Å²) in [5.74, 6) is 0.530. The van der Waals surface area contributed by atoms with Gasteiger partial charge in [-0.15, -0.1) is 22.0 Å². The van der Waals surface area contributed by atoms with Crippen LogP contribution in [0.1, 0.15) is 22.9 Å². The zero-order valence-electron chi connectivity index (χ0n) is 11.1. The molecule has 0 radical (unpaired) electrons. The fourth-order valence-electron chi connectivity index (χ4n) is 1.71. The smallest absolute Gasteiger partial charge is 0.217 e. The Kier molecular flexibility index (Phi) is 5.08. The normalized spacial score (nSPS) is 12.2. The summed E-state index contributed by atoms with van der Waals surface area (Å²) in [5.41, 5.74) is 0.859. The Morgan fingerprint density at radius 1 is 1.40 bits per heavy atom. The number of carbonyl (C=O) groups is 1. The topological polar surface area (TPSA) is 46.1 Å². The van der Waals surface area contributed by atoms with Crippen molar-refractivity contribution < 1.29 is 9.18 Å². The van der Waals surface area contributed by atoms with Crippen LogP contribution in [-0.4, -0.2) is 22.4 Å². The van der Waals surface area contributed by atoms with Gasteiger partial charge in [-0.3, -0.25) is 9.69 Å². The van der Waals surface area contributed by atoms with Gasteiger partial charge in [0.2, 0.25) is 11.5 Å². The Morgan fingerprint density at radius 2 is 2.10 bits per heavy atom. The molecule has 0 bridgehead atoms. The summed E-state index contributed by atoms with van der Waals surface area (Å²) < 4.78 is 13.0. The average molecular weight is 311 g/mol. The number of halogens is 1. The van der Waals surface area contributed by atoms with Crippen molar-refractivity contribution >= 4 is 34.6 Å². The molecule has 20 heavy (non-hydrogen) atoms. The molecule has 4 nitrogen and oxygen atoms in total. The molecule has 0 aliphatic carbocycles. The third-order valence-electron chi connectivity index (χ3n) is 2.58. The van der Waals surface area contributed by atoms with E-state index in [1.807, 2.05) is 13.8 Å². The van der Waals surface area contributed by atoms with Crippen LogP contribution in [0.2, 0.25) is 0 Å². The maximum absolute atomic E-state index is 13.0. The Labute approximate surface area is 125 Å². The summed E-state index contributed by atoms with van der Waals surface area (Å²) in [4.78, 5) is 13.0. The van der Waals surface area contributed by atoms with Crippen LogP contribution in [0.3, 0.4) is 0 Å². The lowest BCUT2D eigenvalue weighted by Crippen LogP contribution is -2.25. The van der Waals surface area contributed by atoms with Gasteiger partial charge >= 0.3 is 0 Å². The third-order valence-corrected chi connectivity index (χ3v) is 4.58. The summed E-state index contributed by atoms with van der Waals surface area (Å²) >= 11 is 2.94. The van der Waals surface area contributed by atoms with Crippen LogP contribution in [0.15, 0.2) is 24.3 Å². The molecule has 0 saturated heterocycles. The number of anilines is 1. The van der Waals surface area contributed by atoms with Crippen LogP contribution < -0.4 is 4.90 Å². The van der Waals surface area contributed by atoms with Gasteiger partial charge in [-0.1, -0.05) is 30.4 Å². The van der Waals surface area contributed by atoms with Gasteiger partial charge in [0.1, 0.15) is 16.2 Å². The van der Waals surface area contributed by atoms with Gasteiger partial charge in [0, 0.05) is 0 Å². The first kappa shape index (κ1) is 14.9. The van der Waals surface area contributed by atoms with Crippen LogP contribution in [0.25, 0.3) is 0 Å². The number of hydrogen-bond donors (Lipinski definition) is 0. The van der Waals surface area contributed by atoms with Crippen LogP contribution in [-0.2, 0) is 4.79 Å². The first-order valence-electron chi connectivity index (χ1n) is 6.06. The van der Waals surface area contributed by atoms with Crippen molar-refractivity contribution in [1.82, 2.24) is 10.2 Å². The predicted octanol–water partition coefficient (Wildman–Crippen LogP) is 3.40. The Hall–Kier alpha value is -1.47. The van der Waals surface area contributed by atoms with Crippen LogP contribution >= 0.6 is 23.1 Å². The molecule has 106 valence electrons. The molecular formula is C13H14FN3OS2. The van der Waals surface area contributed by atoms with Gasteiger partial charge in [0.25, 0.3) is 0 Å². The maximum Gasteiger partial charge on any atom is 0.217 e. The summed E-state index contributed by atoms with van der Waals surface area (Å²) in [6.45, 7) is 3.85. The van der Waals surface area contributed by atoms with E-state index in [1.165, 1.54) is 28.4 Å². The van der Waals surface area contributed by atoms with Crippen molar-refractivity contribution in [3.63, 3.8) is 0 Å². The number of nitrogens with zero attached hydrogens (tertiary/aromatic N) is 3. The van der Waals surface area contributed by atoms with Gasteiger partial charge in [0.05, 0.1) is 0 Å². The lowest BCUT2D eigenvalue weighted by Gasteiger charge is -2.25. The van der Waals surface area contributed by atoms with Crippen molar-refractivity contribution in [2.24, 2.45) is 0 Å². The van der Waals surface area contributed by atoms with Crippen LogP contribution in [0.4, 0.5) is 9.52 Å². The molecule has 0 spiro atoms. The van der Waals surface area contributed by atoms with E-state index in [1.54, 1.807) is 23.9 Å². The molecule has 1 aromatic heterocycles. The first-order chi connectivity index (χ1) is 9.65. The van der Waals surface area contributed by atoms with Crippen molar-refractivity contribution in [1.29, 1.82) is 0 Å². The predicted molar refractivity (Wildman–Crippen MR) is 80.5 cm³/mol. The molecular weight excluding hydrogens is 297 g/mol. The van der Waals surface area contributed by atoms with Gasteiger partial charge in [-0.05, 0) is 30.4 Å². The molecule has 1 unspecified atom stereocenters. The summed E-state index contributed by atoms with van der Waals surface area (Å²) in [6, 6.07) is 6.17. The summed E-state index contributed by atoms with van der Waals surface area (Å²) in [6.07, 6.45) is 0.747. The van der Waals surface area contributed by atoms with Gasteiger partial charge < -0.3 is 0 Å². The van der Waals surface area contributed by atoms with Gasteiger partial charge in [-0.2, -0.15) is 0 Å². The molecule has 0 aliphatic heterocycles. The highest BCUT2D eigenvalue weighted by Crippen LogP contribution is 2.36. The second kappa shape index (κ2) is 6.81. The molecule has 2 rings (SSSR count). The minimum Gasteiger partial charge on any atom is -0.278 e. The van der Waals surface area contributed by atoms with E-state index < -0.39 is 0 Å². The minimum absolute atomic E-state index is 0.231. The summed E-state index contributed by atoms with van der Waals surface area (Å²) in [5, 5.41) is 9.06. The van der Waals surface area contributed by atoms with Crippen molar-refractivity contribution in [3.05, 3.63) is 40.7 Å². The quantitative estimate of drug-likeness (QED) is 0.606. The van der Waals surface area contributed by atoms with E-state index in [0.717, 1.165) is 22.7 Å². The number of aryl methyl sites for hydroxylation is 1. The molecule has 1 amide bonds. The van der Waals surface area contributed by atoms with Crippen molar-refractivity contribution in [2.45, 2.75) is 19.2 Å². The SMILES string of the molecule is CCSC(c1ccc(F)cc1)N(C=O)c1nnc(C)s1. The second-order valence-electron chi connectivity index (χ2n) is 3.98. The van der Waals surface area contributed by atoms with E-state index in [4.69, 9.17) is 0 Å². The molecule has 0 saturated carbocycles. The van der Waals surface area contributed by atoms with Gasteiger partial charge in [-0.25, -0.2) is 4.39 Å². The monoisotopic (exact) mass is 311 g/mol. The van der Waals surface area contributed by atoms with Gasteiger partial charge in [0.15, 0.2) is 0 Å². The number of benzene rings is 1. The number of rotatable bonds is 6. The fraction of sp³-hybridized carbons (Fsp3) is 0.308. The highest BCUT2D eigenvalue weighted by atomic mass is 32.2. The van der Waals surface area contributed by atoms with E-state index >= 15 is 0 Å². The highest BCUT2D eigenvalue weighted by molar-refractivity contribution is 7.99. The molecule has 1 atom stereocenters. The molecule has 0 aliphatic rings. The first-order valence-corrected chi connectivity index (χ1v) is 7.93. The molecule has 0 N–H and O–H groups in total. The van der Waals surface area contributed by atoms with Crippen molar-refractivity contribution in [2.75, 3.05) is 10.7 Å². The Bertz CT molecular complexity index is 573. The lowest BCUT2D eigenvalue weighted by molar-refractivity contribution is -0.107. The lowest BCUT2D eigenvalue weighted by atomic mass is 10.2. The number of aromatic nitrogens is 2. The molecule has 1 heterocycles. The van der Waals surface area contributed by atoms with Crippen LogP contribution in [0.5, 0.6) is 0 Å². The number of amides is 1. The van der Waals surface area contributed by atoms with E-state index in [9.17, 15) is 9.18 Å². The highest BCUT2D eigenvalue weighted by Gasteiger charge is 2.23. The maximum atomic E-state index is 13.0. The van der Waals surface area contributed by atoms with Crippen molar-refractivity contribution in [3.8, 4) is 0 Å². The second-order valence-corrected chi connectivity index (χ2v) is 6.49. The molecule has 1 aromatic carbocycles. The largest absolute Gasteiger partial charge is 0.278 e. The summed E-state index contributed by atoms with van der Waals surface area (Å²) in [7, 11) is 0. The Morgan fingerprint density at radius 3 is 2.60 bits per heavy atom.